The molecule has 1 aliphatic heterocycles. The van der Waals surface area contributed by atoms with E-state index in [1.807, 2.05) is 44.2 Å². The van der Waals surface area contributed by atoms with E-state index in [0.717, 1.165) is 31.9 Å². The molecule has 1 heterocycles. The monoisotopic (exact) mass is 284 g/mol. The molecule has 0 bridgehead atoms. The van der Waals surface area contributed by atoms with E-state index in [-0.39, 0.29) is 0 Å². The lowest BCUT2D eigenvalue weighted by Gasteiger charge is -2.29. The number of benzene rings is 1. The van der Waals surface area contributed by atoms with E-state index in [1.54, 1.807) is 0 Å². The molecule has 0 unspecified atom stereocenters. The Balaban J connectivity index is 1.92. The largest absolute Gasteiger partial charge is 0.458 e. The van der Waals surface area contributed by atoms with Crippen molar-refractivity contribution in [1.29, 1.82) is 0 Å². The molecule has 1 saturated heterocycles. The Morgan fingerprint density at radius 2 is 1.86 bits per heavy atom. The zero-order valence-corrected chi connectivity index (χ0v) is 12.9. The molecule has 0 aromatic heterocycles. The molecule has 1 aliphatic rings. The number of hydrogen-bond acceptors (Lipinski definition) is 3. The van der Waals surface area contributed by atoms with Crippen molar-refractivity contribution in [3.63, 3.8) is 0 Å². The lowest BCUT2D eigenvalue weighted by atomic mass is 10.2. The molecule has 1 N–H and O–H groups in total. The number of hydrogen-bond donors (Lipinski definition) is 1. The number of nitrogens with one attached hydrogen (secondary N) is 1. The van der Waals surface area contributed by atoms with Gasteiger partial charge in [-0.1, -0.05) is 24.3 Å². The molecular weight excluding hydrogens is 260 g/mol. The Morgan fingerprint density at radius 1 is 1.19 bits per heavy atom. The van der Waals surface area contributed by atoms with Crippen molar-refractivity contribution in [3.8, 4) is 5.75 Å². The van der Waals surface area contributed by atoms with Crippen molar-refractivity contribution in [2.75, 3.05) is 31.1 Å². The van der Waals surface area contributed by atoms with E-state index in [1.165, 1.54) is 11.3 Å². The van der Waals surface area contributed by atoms with Crippen LogP contribution in [0.4, 0.5) is 5.69 Å². The van der Waals surface area contributed by atoms with Crippen LogP contribution in [0.25, 0.3) is 0 Å². The second-order valence-electron chi connectivity index (χ2n) is 5.17. The highest BCUT2D eigenvalue weighted by Crippen LogP contribution is 2.21. The van der Waals surface area contributed by atoms with Gasteiger partial charge in [-0.3, -0.25) is 0 Å². The molecule has 0 aliphatic carbocycles. The second-order valence-corrected chi connectivity index (χ2v) is 5.17. The minimum atomic E-state index is 0.645. The summed E-state index contributed by atoms with van der Waals surface area (Å²) in [5.41, 5.74) is 2.43. The van der Waals surface area contributed by atoms with Crippen LogP contribution < -0.4 is 15.0 Å². The Morgan fingerprint density at radius 3 is 2.48 bits per heavy atom. The van der Waals surface area contributed by atoms with Crippen LogP contribution in [0.15, 0.2) is 60.4 Å². The summed E-state index contributed by atoms with van der Waals surface area (Å²) in [7, 11) is 0. The molecule has 1 fully saturated rings. The van der Waals surface area contributed by atoms with E-state index >= 15 is 0 Å². The van der Waals surface area contributed by atoms with Crippen molar-refractivity contribution < 1.29 is 4.74 Å². The Hall–Kier alpha value is -2.00. The molecule has 2 rings (SSSR count). The summed E-state index contributed by atoms with van der Waals surface area (Å²) in [6.45, 7) is 12.2. The fourth-order valence-electron chi connectivity index (χ4n) is 2.15. The summed E-state index contributed by atoms with van der Waals surface area (Å²) in [4.78, 5) is 2.38. The van der Waals surface area contributed by atoms with E-state index in [0.29, 0.717) is 5.76 Å². The number of nitrogens with zero attached hydrogens (tertiary/aromatic N) is 1. The van der Waals surface area contributed by atoms with Crippen molar-refractivity contribution >= 4 is 5.69 Å². The zero-order chi connectivity index (χ0) is 15.1. The van der Waals surface area contributed by atoms with Crippen LogP contribution in [-0.4, -0.2) is 26.2 Å². The number of piperazine rings is 1. The number of allylic oxidation sites excluding steroid dienone is 4. The number of anilines is 1. The maximum atomic E-state index is 5.71. The molecule has 0 radical (unpaired) electrons. The fraction of sp³-hybridized carbons (Fsp3) is 0.333. The van der Waals surface area contributed by atoms with Gasteiger partial charge >= 0.3 is 0 Å². The molecule has 1 aromatic rings. The highest BCUT2D eigenvalue weighted by molar-refractivity contribution is 5.49. The third-order valence-corrected chi connectivity index (χ3v) is 3.56. The van der Waals surface area contributed by atoms with Gasteiger partial charge in [0.2, 0.25) is 0 Å². The van der Waals surface area contributed by atoms with Crippen molar-refractivity contribution in [2.45, 2.75) is 13.8 Å². The van der Waals surface area contributed by atoms with E-state index < -0.39 is 0 Å². The van der Waals surface area contributed by atoms with Crippen LogP contribution in [0.1, 0.15) is 13.8 Å². The molecule has 1 aromatic carbocycles. The summed E-state index contributed by atoms with van der Waals surface area (Å²) in [5, 5.41) is 3.36. The molecule has 0 spiro atoms. The van der Waals surface area contributed by atoms with Gasteiger partial charge in [0.1, 0.15) is 11.5 Å². The van der Waals surface area contributed by atoms with Gasteiger partial charge < -0.3 is 15.0 Å². The number of ether oxygens (including phenoxy) is 1. The quantitative estimate of drug-likeness (QED) is 0.661. The standard InChI is InChI=1S/C18H24N2O/c1-4-15(2)5-6-16(3)21-18-9-7-17(8-10-18)20-13-11-19-12-14-20/h4-10,19H,3,11-14H2,1-2H3/b6-5-,15-4-. The maximum Gasteiger partial charge on any atom is 0.127 e. The van der Waals surface area contributed by atoms with E-state index in [9.17, 15) is 0 Å². The predicted octanol–water partition coefficient (Wildman–Crippen LogP) is 3.51. The van der Waals surface area contributed by atoms with E-state index in [4.69, 9.17) is 4.74 Å². The Kier molecular flexibility index (Phi) is 5.64. The van der Waals surface area contributed by atoms with Gasteiger partial charge in [0.05, 0.1) is 0 Å². The van der Waals surface area contributed by atoms with Crippen LogP contribution in [0.3, 0.4) is 0 Å². The Bertz CT molecular complexity index is 523. The molecule has 0 saturated carbocycles. The average molecular weight is 284 g/mol. The third kappa shape index (κ3) is 4.80. The molecule has 3 nitrogen and oxygen atoms in total. The van der Waals surface area contributed by atoms with Gasteiger partial charge in [-0.2, -0.15) is 0 Å². The lowest BCUT2D eigenvalue weighted by molar-refractivity contribution is 0.447. The molecule has 3 heteroatoms. The van der Waals surface area contributed by atoms with Gasteiger partial charge in [0.15, 0.2) is 0 Å². The SMILES string of the molecule is C=C(/C=C\C(C)=C/C)Oc1ccc(N2CCNCC2)cc1. The fourth-order valence-corrected chi connectivity index (χ4v) is 2.15. The summed E-state index contributed by atoms with van der Waals surface area (Å²) >= 11 is 0. The predicted molar refractivity (Wildman–Crippen MR) is 89.9 cm³/mol. The highest BCUT2D eigenvalue weighted by atomic mass is 16.5. The minimum Gasteiger partial charge on any atom is -0.458 e. The minimum absolute atomic E-state index is 0.645. The van der Waals surface area contributed by atoms with Crippen LogP contribution in [0, 0.1) is 0 Å². The van der Waals surface area contributed by atoms with Crippen LogP contribution >= 0.6 is 0 Å². The van der Waals surface area contributed by atoms with Gasteiger partial charge in [-0.25, -0.2) is 0 Å². The van der Waals surface area contributed by atoms with Crippen molar-refractivity contribution in [2.24, 2.45) is 0 Å². The average Bonchev–Trinajstić information content (AvgIpc) is 2.54. The first kappa shape index (κ1) is 15.4. The zero-order valence-electron chi connectivity index (χ0n) is 12.9. The summed E-state index contributed by atoms with van der Waals surface area (Å²) in [6.07, 6.45) is 5.93. The molecular formula is C18H24N2O. The van der Waals surface area contributed by atoms with Gasteiger partial charge in [0.25, 0.3) is 0 Å². The topological polar surface area (TPSA) is 24.5 Å². The molecule has 0 amide bonds. The summed E-state index contributed by atoms with van der Waals surface area (Å²) in [6, 6.07) is 8.21. The van der Waals surface area contributed by atoms with Crippen LogP contribution in [0.2, 0.25) is 0 Å². The first-order chi connectivity index (χ1) is 10.2. The van der Waals surface area contributed by atoms with Crippen molar-refractivity contribution in [3.05, 3.63) is 60.4 Å². The summed E-state index contributed by atoms with van der Waals surface area (Å²) in [5.74, 6) is 1.47. The van der Waals surface area contributed by atoms with Crippen LogP contribution in [-0.2, 0) is 0 Å². The van der Waals surface area contributed by atoms with Gasteiger partial charge in [0, 0.05) is 31.9 Å². The molecule has 112 valence electrons. The smallest absolute Gasteiger partial charge is 0.127 e. The maximum absolute atomic E-state index is 5.71. The molecule has 0 atom stereocenters. The summed E-state index contributed by atoms with van der Waals surface area (Å²) < 4.78 is 5.71. The van der Waals surface area contributed by atoms with Crippen molar-refractivity contribution in [1.82, 2.24) is 5.32 Å². The third-order valence-electron chi connectivity index (χ3n) is 3.56. The van der Waals surface area contributed by atoms with Crippen LogP contribution in [0.5, 0.6) is 5.75 Å². The lowest BCUT2D eigenvalue weighted by Crippen LogP contribution is -2.43. The highest BCUT2D eigenvalue weighted by Gasteiger charge is 2.10. The molecule has 21 heavy (non-hydrogen) atoms. The first-order valence-electron chi connectivity index (χ1n) is 7.42. The van der Waals surface area contributed by atoms with Gasteiger partial charge in [-0.05, 0) is 44.2 Å². The number of rotatable bonds is 5. The van der Waals surface area contributed by atoms with Gasteiger partial charge in [-0.15, -0.1) is 0 Å². The second kappa shape index (κ2) is 7.70. The normalized spacial score (nSPS) is 16.3. The van der Waals surface area contributed by atoms with E-state index in [2.05, 4.69) is 28.9 Å². The Labute approximate surface area is 127 Å². The first-order valence-corrected chi connectivity index (χ1v) is 7.42.